The van der Waals surface area contributed by atoms with E-state index < -0.39 is 0 Å². The molecule has 4 fully saturated rings. The van der Waals surface area contributed by atoms with Crippen LogP contribution in [-0.4, -0.2) is 78.1 Å². The number of fused-ring (bicyclic) bond motifs is 4. The highest BCUT2D eigenvalue weighted by Crippen LogP contribution is 2.32. The third-order valence-corrected chi connectivity index (χ3v) is 6.62. The van der Waals surface area contributed by atoms with Crippen LogP contribution < -0.4 is 5.32 Å². The quantitative estimate of drug-likeness (QED) is 0.843. The van der Waals surface area contributed by atoms with E-state index >= 15 is 0 Å². The van der Waals surface area contributed by atoms with Crippen molar-refractivity contribution in [1.29, 1.82) is 0 Å². The number of nitrogens with zero attached hydrogens (tertiary/aromatic N) is 3. The van der Waals surface area contributed by atoms with Gasteiger partial charge in [-0.25, -0.2) is 0 Å². The van der Waals surface area contributed by atoms with Crippen LogP contribution in [-0.2, 0) is 4.74 Å². The molecule has 2 aromatic heterocycles. The van der Waals surface area contributed by atoms with Gasteiger partial charge in [-0.2, -0.15) is 0 Å². The number of morpholine rings is 1. The van der Waals surface area contributed by atoms with Crippen LogP contribution >= 0.6 is 0 Å². The molecule has 2 amide bonds. The molecular formula is C21H26N4O4. The first-order valence-electron chi connectivity index (χ1n) is 10.4. The van der Waals surface area contributed by atoms with Crippen LogP contribution in [0.15, 0.2) is 22.7 Å². The molecule has 0 unspecified atom stereocenters. The Morgan fingerprint density at radius 1 is 1.14 bits per heavy atom. The van der Waals surface area contributed by atoms with Crippen molar-refractivity contribution in [3.8, 4) is 0 Å². The van der Waals surface area contributed by atoms with Gasteiger partial charge in [0.15, 0.2) is 5.76 Å². The van der Waals surface area contributed by atoms with E-state index in [2.05, 4.69) is 22.1 Å². The summed E-state index contributed by atoms with van der Waals surface area (Å²) >= 11 is 0. The summed E-state index contributed by atoms with van der Waals surface area (Å²) in [7, 11) is 0. The Morgan fingerprint density at radius 3 is 2.62 bits per heavy atom. The number of rotatable bonds is 3. The maximum Gasteiger partial charge on any atom is 0.289 e. The predicted molar refractivity (Wildman–Crippen MR) is 106 cm³/mol. The van der Waals surface area contributed by atoms with Crippen molar-refractivity contribution in [3.05, 3.63) is 29.8 Å². The van der Waals surface area contributed by atoms with E-state index in [1.54, 1.807) is 23.2 Å². The highest BCUT2D eigenvalue weighted by molar-refractivity contribution is 5.98. The minimum absolute atomic E-state index is 0.151. The number of furan rings is 1. The second-order valence-electron chi connectivity index (χ2n) is 8.24. The Kier molecular flexibility index (Phi) is 4.75. The molecule has 0 aliphatic carbocycles. The van der Waals surface area contributed by atoms with Crippen molar-refractivity contribution >= 4 is 22.8 Å². The van der Waals surface area contributed by atoms with Gasteiger partial charge in [0.2, 0.25) is 0 Å². The van der Waals surface area contributed by atoms with Gasteiger partial charge in [0.25, 0.3) is 11.8 Å². The maximum absolute atomic E-state index is 12.8. The molecule has 6 heterocycles. The summed E-state index contributed by atoms with van der Waals surface area (Å²) in [6.45, 7) is 6.61. The van der Waals surface area contributed by atoms with E-state index in [0.717, 1.165) is 31.3 Å². The molecule has 4 saturated heterocycles. The normalized spacial score (nSPS) is 29.2. The standard InChI is InChI=1S/C21H26N4O4/c1-13-19(14-2-4-24(13)5-3-14)23-20(26)16-11-17-15(12-22-16)10-18(29-17)21(27)25-6-8-28-9-7-25/h10-14,19H,2-9H2,1H3,(H,23,26)/t13-,19-/m0/s1. The number of hydrogen-bond donors (Lipinski definition) is 1. The average Bonchev–Trinajstić information content (AvgIpc) is 3.20. The van der Waals surface area contributed by atoms with E-state index in [9.17, 15) is 9.59 Å². The van der Waals surface area contributed by atoms with E-state index in [1.807, 2.05) is 0 Å². The molecule has 2 bridgehead atoms. The maximum atomic E-state index is 12.8. The number of carbonyl (C=O) groups excluding carboxylic acids is 2. The van der Waals surface area contributed by atoms with Crippen molar-refractivity contribution < 1.29 is 18.7 Å². The van der Waals surface area contributed by atoms with E-state index in [1.165, 1.54) is 0 Å². The zero-order valence-electron chi connectivity index (χ0n) is 16.6. The number of ether oxygens (including phenoxy) is 1. The number of nitrogens with one attached hydrogen (secondary N) is 1. The highest BCUT2D eigenvalue weighted by Gasteiger charge is 2.40. The summed E-state index contributed by atoms with van der Waals surface area (Å²) in [5, 5.41) is 3.91. The lowest BCUT2D eigenvalue weighted by atomic mass is 9.79. The minimum atomic E-state index is -0.185. The minimum Gasteiger partial charge on any atom is -0.451 e. The first-order valence-corrected chi connectivity index (χ1v) is 10.4. The van der Waals surface area contributed by atoms with Crippen LogP contribution in [0, 0.1) is 5.92 Å². The Labute approximate surface area is 169 Å². The molecule has 154 valence electrons. The number of hydrogen-bond acceptors (Lipinski definition) is 6. The largest absolute Gasteiger partial charge is 0.451 e. The Hall–Kier alpha value is -2.45. The molecular weight excluding hydrogens is 372 g/mol. The second-order valence-corrected chi connectivity index (χ2v) is 8.24. The number of aromatic nitrogens is 1. The SMILES string of the molecule is C[C@H]1[C@H](NC(=O)c2cc3oc(C(=O)N4CCOCC4)cc3cn2)C2CCN1CC2. The molecule has 8 nitrogen and oxygen atoms in total. The van der Waals surface area contributed by atoms with Crippen molar-refractivity contribution in [3.63, 3.8) is 0 Å². The average molecular weight is 398 g/mol. The zero-order chi connectivity index (χ0) is 20.0. The fraction of sp³-hybridized carbons (Fsp3) is 0.571. The molecule has 0 radical (unpaired) electrons. The van der Waals surface area contributed by atoms with Crippen LogP contribution in [0.25, 0.3) is 11.0 Å². The van der Waals surface area contributed by atoms with Crippen molar-refractivity contribution in [2.75, 3.05) is 39.4 Å². The molecule has 0 spiro atoms. The molecule has 1 N–H and O–H groups in total. The lowest BCUT2D eigenvalue weighted by Crippen LogP contribution is -2.62. The number of amides is 2. The molecule has 8 heteroatoms. The number of pyridine rings is 1. The van der Waals surface area contributed by atoms with Crippen LogP contribution in [0.2, 0.25) is 0 Å². The van der Waals surface area contributed by atoms with Crippen LogP contribution in [0.1, 0.15) is 40.8 Å². The number of piperidine rings is 3. The van der Waals surface area contributed by atoms with Gasteiger partial charge in [-0.15, -0.1) is 0 Å². The third kappa shape index (κ3) is 3.40. The third-order valence-electron chi connectivity index (χ3n) is 6.62. The second kappa shape index (κ2) is 7.42. The van der Waals surface area contributed by atoms with Gasteiger partial charge in [-0.05, 0) is 44.8 Å². The molecule has 2 atom stereocenters. The van der Waals surface area contributed by atoms with Crippen LogP contribution in [0.5, 0.6) is 0 Å². The summed E-state index contributed by atoms with van der Waals surface area (Å²) in [5.74, 6) is 0.461. The lowest BCUT2D eigenvalue weighted by Gasteiger charge is -2.49. The molecule has 6 rings (SSSR count). The van der Waals surface area contributed by atoms with Gasteiger partial charge in [-0.1, -0.05) is 0 Å². The first-order chi connectivity index (χ1) is 14.1. The summed E-state index contributed by atoms with van der Waals surface area (Å²) in [4.78, 5) is 34.0. The van der Waals surface area contributed by atoms with Gasteiger partial charge >= 0.3 is 0 Å². The Balaban J connectivity index is 1.33. The van der Waals surface area contributed by atoms with Gasteiger partial charge in [0.1, 0.15) is 11.3 Å². The van der Waals surface area contributed by atoms with E-state index in [-0.39, 0.29) is 23.6 Å². The zero-order valence-corrected chi connectivity index (χ0v) is 16.6. The molecule has 4 aliphatic heterocycles. The monoisotopic (exact) mass is 398 g/mol. The van der Waals surface area contributed by atoms with Crippen LogP contribution in [0.4, 0.5) is 0 Å². The lowest BCUT2D eigenvalue weighted by molar-refractivity contribution is 0.0216. The highest BCUT2D eigenvalue weighted by atomic mass is 16.5. The molecule has 0 aromatic carbocycles. The molecule has 2 aromatic rings. The summed E-state index contributed by atoms with van der Waals surface area (Å²) < 4.78 is 11.1. The van der Waals surface area contributed by atoms with Gasteiger partial charge < -0.3 is 19.4 Å². The fourth-order valence-corrected chi connectivity index (χ4v) is 4.86. The Morgan fingerprint density at radius 2 is 1.90 bits per heavy atom. The fourth-order valence-electron chi connectivity index (χ4n) is 4.86. The van der Waals surface area contributed by atoms with Crippen LogP contribution in [0.3, 0.4) is 0 Å². The molecule has 29 heavy (non-hydrogen) atoms. The van der Waals surface area contributed by atoms with Gasteiger partial charge in [-0.3, -0.25) is 19.5 Å². The smallest absolute Gasteiger partial charge is 0.289 e. The van der Waals surface area contributed by atoms with Crippen molar-refractivity contribution in [1.82, 2.24) is 20.1 Å². The summed E-state index contributed by atoms with van der Waals surface area (Å²) in [6, 6.07) is 3.82. The first kappa shape index (κ1) is 18.6. The predicted octanol–water partition coefficient (Wildman–Crippen LogP) is 1.51. The molecule has 4 aliphatic rings. The van der Waals surface area contributed by atoms with Gasteiger partial charge in [0.05, 0.1) is 13.2 Å². The van der Waals surface area contributed by atoms with Crippen molar-refractivity contribution in [2.45, 2.75) is 31.8 Å². The molecule has 0 saturated carbocycles. The Bertz CT molecular complexity index is 926. The summed E-state index contributed by atoms with van der Waals surface area (Å²) in [6.07, 6.45) is 3.86. The number of carbonyl (C=O) groups is 2. The van der Waals surface area contributed by atoms with Crippen molar-refractivity contribution in [2.24, 2.45) is 5.92 Å². The topological polar surface area (TPSA) is 87.9 Å². The van der Waals surface area contributed by atoms with E-state index in [4.69, 9.17) is 9.15 Å². The summed E-state index contributed by atoms with van der Waals surface area (Å²) in [5.41, 5.74) is 0.824. The van der Waals surface area contributed by atoms with Gasteiger partial charge in [0, 0.05) is 42.8 Å². The van der Waals surface area contributed by atoms with E-state index in [0.29, 0.717) is 49.5 Å².